The topological polar surface area (TPSA) is 49.3 Å². The van der Waals surface area contributed by atoms with Crippen LogP contribution in [0.5, 0.6) is 0 Å². The SMILES string of the molecule is CN=C(NCCc1ccc(C)nc1)NCCc1cccc(Cl)c1.I. The van der Waals surface area contributed by atoms with Crippen molar-refractivity contribution >= 4 is 41.5 Å². The predicted octanol–water partition coefficient (Wildman–Crippen LogP) is 3.61. The number of halogens is 2. The minimum Gasteiger partial charge on any atom is -0.356 e. The Hall–Kier alpha value is -1.34. The zero-order valence-electron chi connectivity index (χ0n) is 14.1. The summed E-state index contributed by atoms with van der Waals surface area (Å²) in [5, 5.41) is 7.40. The van der Waals surface area contributed by atoms with Crippen molar-refractivity contribution in [2.45, 2.75) is 19.8 Å². The summed E-state index contributed by atoms with van der Waals surface area (Å²) in [6.45, 7) is 3.63. The van der Waals surface area contributed by atoms with Gasteiger partial charge in [-0.2, -0.15) is 0 Å². The zero-order valence-corrected chi connectivity index (χ0v) is 17.1. The number of hydrogen-bond donors (Lipinski definition) is 2. The first-order valence-electron chi connectivity index (χ1n) is 7.78. The summed E-state index contributed by atoms with van der Waals surface area (Å²) >= 11 is 5.99. The van der Waals surface area contributed by atoms with Crippen molar-refractivity contribution in [3.63, 3.8) is 0 Å². The molecule has 0 unspecified atom stereocenters. The molecule has 2 N–H and O–H groups in total. The molecule has 0 amide bonds. The number of aromatic nitrogens is 1. The minimum atomic E-state index is 0. The number of hydrogen-bond acceptors (Lipinski definition) is 2. The summed E-state index contributed by atoms with van der Waals surface area (Å²) in [5.41, 5.74) is 3.48. The van der Waals surface area contributed by atoms with Crippen LogP contribution in [0.15, 0.2) is 47.6 Å². The molecule has 1 aromatic heterocycles. The third-order valence-electron chi connectivity index (χ3n) is 3.50. The van der Waals surface area contributed by atoms with E-state index in [2.05, 4.69) is 32.7 Å². The van der Waals surface area contributed by atoms with E-state index in [4.69, 9.17) is 11.6 Å². The maximum absolute atomic E-state index is 5.99. The average Bonchev–Trinajstić information content (AvgIpc) is 2.55. The standard InChI is InChI=1S/C18H23ClN4.HI/c1-14-6-7-16(13-23-14)9-11-22-18(20-2)21-10-8-15-4-3-5-17(19)12-15;/h3-7,12-13H,8-11H2,1-2H3,(H2,20,21,22);1H. The summed E-state index contributed by atoms with van der Waals surface area (Å²) in [7, 11) is 1.78. The van der Waals surface area contributed by atoms with Crippen molar-refractivity contribution in [1.29, 1.82) is 0 Å². The molecule has 4 nitrogen and oxygen atoms in total. The Labute approximate surface area is 166 Å². The molecular weight excluding hydrogens is 435 g/mol. The van der Waals surface area contributed by atoms with Crippen LogP contribution in [0.2, 0.25) is 5.02 Å². The fourth-order valence-electron chi connectivity index (χ4n) is 2.21. The first-order chi connectivity index (χ1) is 11.2. The van der Waals surface area contributed by atoms with E-state index in [1.807, 2.05) is 37.4 Å². The largest absolute Gasteiger partial charge is 0.356 e. The number of guanidine groups is 1. The van der Waals surface area contributed by atoms with Gasteiger partial charge in [-0.05, 0) is 49.1 Å². The zero-order chi connectivity index (χ0) is 16.5. The molecule has 0 saturated carbocycles. The van der Waals surface area contributed by atoms with Crippen LogP contribution in [0.3, 0.4) is 0 Å². The summed E-state index contributed by atoms with van der Waals surface area (Å²) < 4.78 is 0. The molecule has 1 heterocycles. The van der Waals surface area contributed by atoms with Gasteiger partial charge in [0.25, 0.3) is 0 Å². The van der Waals surface area contributed by atoms with Crippen LogP contribution in [0.25, 0.3) is 0 Å². The monoisotopic (exact) mass is 458 g/mol. The van der Waals surface area contributed by atoms with E-state index >= 15 is 0 Å². The smallest absolute Gasteiger partial charge is 0.190 e. The fraction of sp³-hybridized carbons (Fsp3) is 0.333. The molecule has 0 saturated heterocycles. The van der Waals surface area contributed by atoms with Gasteiger partial charge < -0.3 is 10.6 Å². The molecule has 0 bridgehead atoms. The van der Waals surface area contributed by atoms with E-state index in [1.165, 1.54) is 11.1 Å². The minimum absolute atomic E-state index is 0. The van der Waals surface area contributed by atoms with Crippen molar-refractivity contribution in [2.24, 2.45) is 4.99 Å². The van der Waals surface area contributed by atoms with Gasteiger partial charge in [0.2, 0.25) is 0 Å². The molecule has 6 heteroatoms. The number of rotatable bonds is 6. The first kappa shape index (κ1) is 20.7. The number of nitrogens with one attached hydrogen (secondary N) is 2. The second-order valence-electron chi connectivity index (χ2n) is 5.36. The maximum Gasteiger partial charge on any atom is 0.190 e. The second kappa shape index (κ2) is 11.3. The lowest BCUT2D eigenvalue weighted by atomic mass is 10.1. The lowest BCUT2D eigenvalue weighted by molar-refractivity contribution is 0.783. The highest BCUT2D eigenvalue weighted by molar-refractivity contribution is 14.0. The van der Waals surface area contributed by atoms with Gasteiger partial charge in [-0.25, -0.2) is 0 Å². The Morgan fingerprint density at radius 2 is 1.79 bits per heavy atom. The van der Waals surface area contributed by atoms with Gasteiger partial charge in [0, 0.05) is 37.1 Å². The number of aliphatic imine (C=N–C) groups is 1. The van der Waals surface area contributed by atoms with E-state index in [-0.39, 0.29) is 24.0 Å². The van der Waals surface area contributed by atoms with E-state index in [0.717, 1.165) is 42.6 Å². The van der Waals surface area contributed by atoms with Gasteiger partial charge in [-0.15, -0.1) is 24.0 Å². The molecular formula is C18H24ClIN4. The maximum atomic E-state index is 5.99. The van der Waals surface area contributed by atoms with Gasteiger partial charge >= 0.3 is 0 Å². The van der Waals surface area contributed by atoms with Crippen molar-refractivity contribution in [2.75, 3.05) is 20.1 Å². The number of aryl methyl sites for hydroxylation is 1. The molecule has 0 aliphatic rings. The van der Waals surface area contributed by atoms with Crippen LogP contribution in [0, 0.1) is 6.92 Å². The molecule has 0 aliphatic carbocycles. The van der Waals surface area contributed by atoms with Crippen molar-refractivity contribution in [1.82, 2.24) is 15.6 Å². The van der Waals surface area contributed by atoms with E-state index in [1.54, 1.807) is 7.05 Å². The summed E-state index contributed by atoms with van der Waals surface area (Å²) in [4.78, 5) is 8.54. The van der Waals surface area contributed by atoms with Gasteiger partial charge in [0.05, 0.1) is 0 Å². The molecule has 130 valence electrons. The highest BCUT2D eigenvalue weighted by Gasteiger charge is 1.99. The van der Waals surface area contributed by atoms with E-state index in [9.17, 15) is 0 Å². The molecule has 0 atom stereocenters. The van der Waals surface area contributed by atoms with E-state index in [0.29, 0.717) is 0 Å². The average molecular weight is 459 g/mol. The number of nitrogens with zero attached hydrogens (tertiary/aromatic N) is 2. The highest BCUT2D eigenvalue weighted by Crippen LogP contribution is 2.10. The molecule has 0 spiro atoms. The highest BCUT2D eigenvalue weighted by atomic mass is 127. The van der Waals surface area contributed by atoms with Crippen LogP contribution in [-0.2, 0) is 12.8 Å². The van der Waals surface area contributed by atoms with Gasteiger partial charge in [-0.3, -0.25) is 9.98 Å². The molecule has 24 heavy (non-hydrogen) atoms. The van der Waals surface area contributed by atoms with Crippen LogP contribution in [0.1, 0.15) is 16.8 Å². The van der Waals surface area contributed by atoms with E-state index < -0.39 is 0 Å². The third-order valence-corrected chi connectivity index (χ3v) is 3.73. The van der Waals surface area contributed by atoms with Crippen LogP contribution >= 0.6 is 35.6 Å². The number of pyridine rings is 1. The Bertz CT molecular complexity index is 644. The molecule has 0 fully saturated rings. The van der Waals surface area contributed by atoms with Crippen molar-refractivity contribution < 1.29 is 0 Å². The molecule has 1 aromatic carbocycles. The Kier molecular flexibility index (Phi) is 9.71. The summed E-state index contributed by atoms with van der Waals surface area (Å²) in [6.07, 6.45) is 3.75. The van der Waals surface area contributed by atoms with Crippen LogP contribution < -0.4 is 10.6 Å². The first-order valence-corrected chi connectivity index (χ1v) is 8.15. The molecule has 0 aliphatic heterocycles. The Balaban J connectivity index is 0.00000288. The quantitative estimate of drug-likeness (QED) is 0.395. The van der Waals surface area contributed by atoms with Crippen LogP contribution in [0.4, 0.5) is 0 Å². The lowest BCUT2D eigenvalue weighted by Crippen LogP contribution is -2.39. The lowest BCUT2D eigenvalue weighted by Gasteiger charge is -2.12. The predicted molar refractivity (Wildman–Crippen MR) is 113 cm³/mol. The molecule has 0 radical (unpaired) electrons. The number of benzene rings is 1. The molecule has 2 rings (SSSR count). The molecule has 2 aromatic rings. The van der Waals surface area contributed by atoms with Gasteiger partial charge in [0.1, 0.15) is 0 Å². The fourth-order valence-corrected chi connectivity index (χ4v) is 2.42. The Morgan fingerprint density at radius 1 is 1.08 bits per heavy atom. The van der Waals surface area contributed by atoms with Gasteiger partial charge in [-0.1, -0.05) is 29.8 Å². The summed E-state index contributed by atoms with van der Waals surface area (Å²) in [6, 6.07) is 12.1. The second-order valence-corrected chi connectivity index (χ2v) is 5.80. The van der Waals surface area contributed by atoms with Crippen LogP contribution in [-0.4, -0.2) is 31.1 Å². The van der Waals surface area contributed by atoms with Crippen molar-refractivity contribution in [3.8, 4) is 0 Å². The van der Waals surface area contributed by atoms with Crippen molar-refractivity contribution in [3.05, 3.63) is 64.4 Å². The van der Waals surface area contributed by atoms with Gasteiger partial charge in [0.15, 0.2) is 5.96 Å². The Morgan fingerprint density at radius 3 is 2.38 bits per heavy atom. The third kappa shape index (κ3) is 7.49. The normalized spacial score (nSPS) is 10.9. The summed E-state index contributed by atoms with van der Waals surface area (Å²) in [5.74, 6) is 0.812.